The van der Waals surface area contributed by atoms with Crippen LogP contribution in [0.1, 0.15) is 17.3 Å². The number of nitrogens with zero attached hydrogens (tertiary/aromatic N) is 2. The molecule has 2 N–H and O–H groups in total. The Morgan fingerprint density at radius 2 is 2.29 bits per heavy atom. The van der Waals surface area contributed by atoms with Gasteiger partial charge >= 0.3 is 0 Å². The molecule has 1 amide bonds. The van der Waals surface area contributed by atoms with Crippen molar-refractivity contribution < 1.29 is 13.7 Å². The molecule has 0 radical (unpaired) electrons. The minimum absolute atomic E-state index is 0.0638. The van der Waals surface area contributed by atoms with Crippen molar-refractivity contribution in [3.63, 3.8) is 0 Å². The summed E-state index contributed by atoms with van der Waals surface area (Å²) in [6.07, 6.45) is 0.744. The maximum absolute atomic E-state index is 13.1. The van der Waals surface area contributed by atoms with Crippen LogP contribution < -0.4 is 10.6 Å². The van der Waals surface area contributed by atoms with E-state index in [0.717, 1.165) is 12.1 Å². The van der Waals surface area contributed by atoms with Crippen LogP contribution in [0.4, 0.5) is 4.39 Å². The molecular weight excluding hydrogens is 275 g/mol. The van der Waals surface area contributed by atoms with Crippen LogP contribution in [-0.2, 0) is 17.6 Å². The summed E-state index contributed by atoms with van der Waals surface area (Å²) in [4.78, 5) is 15.9. The first-order chi connectivity index (χ1) is 10.2. The summed E-state index contributed by atoms with van der Waals surface area (Å²) in [5.41, 5.74) is 0.774. The van der Waals surface area contributed by atoms with Gasteiger partial charge in [-0.05, 0) is 17.7 Å². The Morgan fingerprint density at radius 3 is 3.10 bits per heavy atom. The number of hydrogen-bond acceptors (Lipinski definition) is 5. The van der Waals surface area contributed by atoms with Gasteiger partial charge in [-0.25, -0.2) is 4.39 Å². The summed E-state index contributed by atoms with van der Waals surface area (Å²) in [5, 5.41) is 9.73. The van der Waals surface area contributed by atoms with E-state index in [4.69, 9.17) is 4.52 Å². The highest BCUT2D eigenvalue weighted by atomic mass is 19.1. The fraction of sp³-hybridized carbons (Fsp3) is 0.357. The molecule has 2 heterocycles. The Kier molecular flexibility index (Phi) is 3.92. The van der Waals surface area contributed by atoms with Gasteiger partial charge in [-0.15, -0.1) is 0 Å². The number of piperazine rings is 1. The van der Waals surface area contributed by atoms with E-state index in [1.807, 2.05) is 0 Å². The normalized spacial score (nSPS) is 18.5. The molecule has 2 aromatic rings. The van der Waals surface area contributed by atoms with E-state index in [-0.39, 0.29) is 17.8 Å². The van der Waals surface area contributed by atoms with E-state index in [1.165, 1.54) is 12.1 Å². The van der Waals surface area contributed by atoms with Gasteiger partial charge in [-0.2, -0.15) is 4.98 Å². The molecule has 0 spiro atoms. The second kappa shape index (κ2) is 6.01. The zero-order valence-electron chi connectivity index (χ0n) is 11.3. The number of rotatable bonds is 4. The van der Waals surface area contributed by atoms with Gasteiger partial charge in [-0.3, -0.25) is 4.79 Å². The lowest BCUT2D eigenvalue weighted by Gasteiger charge is -2.21. The molecule has 1 saturated heterocycles. The van der Waals surface area contributed by atoms with Crippen molar-refractivity contribution in [2.24, 2.45) is 0 Å². The van der Waals surface area contributed by atoms with Crippen LogP contribution in [0.25, 0.3) is 0 Å². The Labute approximate surface area is 120 Å². The van der Waals surface area contributed by atoms with Crippen LogP contribution in [-0.4, -0.2) is 35.2 Å². The Morgan fingerprint density at radius 1 is 1.38 bits per heavy atom. The molecule has 110 valence electrons. The molecule has 7 heteroatoms. The number of carbonyl (C=O) groups excluding carboxylic acids is 1. The van der Waals surface area contributed by atoms with E-state index in [0.29, 0.717) is 31.1 Å². The molecule has 3 rings (SSSR count). The zero-order chi connectivity index (χ0) is 14.7. The van der Waals surface area contributed by atoms with Gasteiger partial charge in [0.1, 0.15) is 5.82 Å². The first-order valence-corrected chi connectivity index (χ1v) is 6.78. The lowest BCUT2D eigenvalue weighted by Crippen LogP contribution is -2.53. The van der Waals surface area contributed by atoms with Gasteiger partial charge in [0.25, 0.3) is 0 Å². The highest BCUT2D eigenvalue weighted by Gasteiger charge is 2.24. The molecule has 0 saturated carbocycles. The Bertz CT molecular complexity index is 643. The van der Waals surface area contributed by atoms with Gasteiger partial charge < -0.3 is 15.2 Å². The van der Waals surface area contributed by atoms with Crippen LogP contribution in [0.3, 0.4) is 0 Å². The van der Waals surface area contributed by atoms with Crippen molar-refractivity contribution in [2.75, 3.05) is 13.1 Å². The summed E-state index contributed by atoms with van der Waals surface area (Å²) >= 11 is 0. The number of aromatic nitrogens is 2. The molecule has 21 heavy (non-hydrogen) atoms. The molecule has 0 bridgehead atoms. The number of hydrogen-bond donors (Lipinski definition) is 2. The molecule has 1 aromatic carbocycles. The highest BCUT2D eigenvalue weighted by molar-refractivity contribution is 5.82. The maximum atomic E-state index is 13.1. The topological polar surface area (TPSA) is 80.0 Å². The van der Waals surface area contributed by atoms with Crippen molar-refractivity contribution in [3.05, 3.63) is 47.4 Å². The highest BCUT2D eigenvalue weighted by Crippen LogP contribution is 2.10. The van der Waals surface area contributed by atoms with Crippen LogP contribution in [0.15, 0.2) is 28.8 Å². The van der Waals surface area contributed by atoms with E-state index >= 15 is 0 Å². The molecular formula is C14H15FN4O2. The van der Waals surface area contributed by atoms with Crippen molar-refractivity contribution >= 4 is 5.91 Å². The van der Waals surface area contributed by atoms with E-state index in [1.54, 1.807) is 12.1 Å². The number of amides is 1. The lowest BCUT2D eigenvalue weighted by atomic mass is 10.1. The quantitative estimate of drug-likeness (QED) is 0.853. The molecule has 0 aliphatic carbocycles. The smallest absolute Gasteiger partial charge is 0.237 e. The van der Waals surface area contributed by atoms with Gasteiger partial charge in [0, 0.05) is 19.5 Å². The van der Waals surface area contributed by atoms with Crippen LogP contribution >= 0.6 is 0 Å². The van der Waals surface area contributed by atoms with Crippen molar-refractivity contribution in [3.8, 4) is 0 Å². The summed E-state index contributed by atoms with van der Waals surface area (Å²) in [6.45, 7) is 1.35. The maximum Gasteiger partial charge on any atom is 0.237 e. The number of benzene rings is 1. The predicted octanol–water partition coefficient (Wildman–Crippen LogP) is 0.430. The largest absolute Gasteiger partial charge is 0.353 e. The van der Waals surface area contributed by atoms with Crippen molar-refractivity contribution in [1.29, 1.82) is 0 Å². The molecule has 1 fully saturated rings. The summed E-state index contributed by atoms with van der Waals surface area (Å²) < 4.78 is 18.3. The van der Waals surface area contributed by atoms with Crippen molar-refractivity contribution in [1.82, 2.24) is 20.8 Å². The van der Waals surface area contributed by atoms with Crippen LogP contribution in [0.2, 0.25) is 0 Å². The first-order valence-electron chi connectivity index (χ1n) is 6.78. The molecule has 1 atom stereocenters. The standard InChI is InChI=1S/C14H15FN4O2/c15-10-3-1-2-9(6-10)7-12-18-13(21-19-12)8-11-14(20)17-5-4-16-11/h1-3,6,11,16H,4-5,7-8H2,(H,17,20). The molecule has 6 nitrogen and oxygen atoms in total. The average molecular weight is 290 g/mol. The SMILES string of the molecule is O=C1NCCNC1Cc1nc(Cc2cccc(F)c2)no1. The number of nitrogens with one attached hydrogen (secondary N) is 2. The predicted molar refractivity (Wildman–Crippen MR) is 72.0 cm³/mol. The van der Waals surface area contributed by atoms with Gasteiger partial charge in [0.2, 0.25) is 11.8 Å². The first kappa shape index (κ1) is 13.7. The van der Waals surface area contributed by atoms with Gasteiger partial charge in [-0.1, -0.05) is 17.3 Å². The van der Waals surface area contributed by atoms with Crippen LogP contribution in [0.5, 0.6) is 0 Å². The summed E-state index contributed by atoms with van der Waals surface area (Å²) in [5.74, 6) is 0.521. The molecule has 1 aromatic heterocycles. The van der Waals surface area contributed by atoms with Crippen LogP contribution in [0, 0.1) is 5.82 Å². The van der Waals surface area contributed by atoms with Gasteiger partial charge in [0.05, 0.1) is 12.5 Å². The fourth-order valence-electron chi connectivity index (χ4n) is 2.26. The lowest BCUT2D eigenvalue weighted by molar-refractivity contribution is -0.124. The van der Waals surface area contributed by atoms with E-state index < -0.39 is 0 Å². The van der Waals surface area contributed by atoms with E-state index in [9.17, 15) is 9.18 Å². The second-order valence-corrected chi connectivity index (χ2v) is 4.91. The zero-order valence-corrected chi connectivity index (χ0v) is 11.3. The minimum atomic E-state index is -0.346. The fourth-order valence-corrected chi connectivity index (χ4v) is 2.26. The number of carbonyl (C=O) groups is 1. The average Bonchev–Trinajstić information content (AvgIpc) is 2.89. The summed E-state index contributed by atoms with van der Waals surface area (Å²) in [6, 6.07) is 5.92. The molecule has 1 aliphatic rings. The van der Waals surface area contributed by atoms with Gasteiger partial charge in [0.15, 0.2) is 5.82 Å². The molecule has 1 aliphatic heterocycles. The molecule has 1 unspecified atom stereocenters. The Hall–Kier alpha value is -2.28. The third-order valence-corrected chi connectivity index (χ3v) is 3.27. The number of halogens is 1. The second-order valence-electron chi connectivity index (χ2n) is 4.91. The third kappa shape index (κ3) is 3.43. The third-order valence-electron chi connectivity index (χ3n) is 3.27. The summed E-state index contributed by atoms with van der Waals surface area (Å²) in [7, 11) is 0. The monoisotopic (exact) mass is 290 g/mol. The van der Waals surface area contributed by atoms with E-state index in [2.05, 4.69) is 20.8 Å². The minimum Gasteiger partial charge on any atom is -0.353 e. The Balaban J connectivity index is 1.64. The van der Waals surface area contributed by atoms with Crippen molar-refractivity contribution in [2.45, 2.75) is 18.9 Å².